The van der Waals surface area contributed by atoms with Crippen molar-refractivity contribution in [3.8, 4) is 0 Å². The van der Waals surface area contributed by atoms with Crippen LogP contribution < -0.4 is 0 Å². The second-order valence-electron chi connectivity index (χ2n) is 5.14. The smallest absolute Gasteiger partial charge is 0.253 e. The molecule has 0 saturated heterocycles. The summed E-state index contributed by atoms with van der Waals surface area (Å²) in [6.45, 7) is 2.37. The third kappa shape index (κ3) is 2.75. The fourth-order valence-electron chi connectivity index (χ4n) is 2.72. The number of hydrogen-bond acceptors (Lipinski definition) is 3. The standard InChI is InChI=1S/C13H19NO3/c1-9(15)11-4-2-10(3-5-11)8-14-12(16)6-7-13(14)17/h6-7,9-11,15H,2-5,8H2,1H3. The summed E-state index contributed by atoms with van der Waals surface area (Å²) < 4.78 is 0. The van der Waals surface area contributed by atoms with Gasteiger partial charge in [0.15, 0.2) is 0 Å². The van der Waals surface area contributed by atoms with Gasteiger partial charge in [0.1, 0.15) is 0 Å². The first kappa shape index (κ1) is 12.3. The van der Waals surface area contributed by atoms with Crippen LogP contribution >= 0.6 is 0 Å². The molecular weight excluding hydrogens is 218 g/mol. The summed E-state index contributed by atoms with van der Waals surface area (Å²) in [7, 11) is 0. The summed E-state index contributed by atoms with van der Waals surface area (Å²) in [5.74, 6) is 0.410. The van der Waals surface area contributed by atoms with Gasteiger partial charge in [-0.05, 0) is 44.4 Å². The summed E-state index contributed by atoms with van der Waals surface area (Å²) in [4.78, 5) is 24.1. The van der Waals surface area contributed by atoms with Crippen molar-refractivity contribution in [3.63, 3.8) is 0 Å². The number of nitrogens with zero attached hydrogens (tertiary/aromatic N) is 1. The molecule has 1 saturated carbocycles. The maximum atomic E-state index is 11.4. The SMILES string of the molecule is CC(O)C1CCC(CN2C(=O)C=CC2=O)CC1. The summed E-state index contributed by atoms with van der Waals surface area (Å²) in [5.41, 5.74) is 0. The molecule has 1 atom stereocenters. The van der Waals surface area contributed by atoms with Gasteiger partial charge in [-0.1, -0.05) is 0 Å². The Labute approximate surface area is 101 Å². The van der Waals surface area contributed by atoms with E-state index < -0.39 is 0 Å². The van der Waals surface area contributed by atoms with E-state index in [9.17, 15) is 14.7 Å². The molecule has 1 aliphatic carbocycles. The Morgan fingerprint density at radius 2 is 1.76 bits per heavy atom. The zero-order chi connectivity index (χ0) is 12.4. The highest BCUT2D eigenvalue weighted by atomic mass is 16.3. The molecule has 2 rings (SSSR count). The third-order valence-corrected chi connectivity index (χ3v) is 3.91. The minimum Gasteiger partial charge on any atom is -0.393 e. The van der Waals surface area contributed by atoms with E-state index >= 15 is 0 Å². The lowest BCUT2D eigenvalue weighted by Crippen LogP contribution is -2.36. The van der Waals surface area contributed by atoms with Crippen molar-refractivity contribution in [1.82, 2.24) is 4.90 Å². The number of carbonyl (C=O) groups excluding carboxylic acids is 2. The number of imide groups is 1. The van der Waals surface area contributed by atoms with E-state index in [-0.39, 0.29) is 17.9 Å². The van der Waals surface area contributed by atoms with E-state index in [1.807, 2.05) is 6.92 Å². The van der Waals surface area contributed by atoms with Gasteiger partial charge in [0.2, 0.25) is 0 Å². The molecule has 0 spiro atoms. The molecule has 1 N–H and O–H groups in total. The molecule has 94 valence electrons. The Bertz CT molecular complexity index is 323. The van der Waals surface area contributed by atoms with Gasteiger partial charge in [-0.25, -0.2) is 0 Å². The van der Waals surface area contributed by atoms with Crippen LogP contribution in [0.15, 0.2) is 12.2 Å². The first-order valence-corrected chi connectivity index (χ1v) is 6.29. The molecule has 2 amide bonds. The maximum Gasteiger partial charge on any atom is 0.253 e. The van der Waals surface area contributed by atoms with Crippen molar-refractivity contribution >= 4 is 11.8 Å². The Morgan fingerprint density at radius 1 is 1.24 bits per heavy atom. The first-order valence-electron chi connectivity index (χ1n) is 6.29. The van der Waals surface area contributed by atoms with Crippen LogP contribution in [0.5, 0.6) is 0 Å². The quantitative estimate of drug-likeness (QED) is 0.748. The molecule has 1 heterocycles. The largest absolute Gasteiger partial charge is 0.393 e. The topological polar surface area (TPSA) is 57.6 Å². The van der Waals surface area contributed by atoms with Crippen LogP contribution in [-0.4, -0.2) is 34.5 Å². The van der Waals surface area contributed by atoms with Gasteiger partial charge in [0.25, 0.3) is 11.8 Å². The lowest BCUT2D eigenvalue weighted by Gasteiger charge is -2.31. The molecule has 4 nitrogen and oxygen atoms in total. The van der Waals surface area contributed by atoms with Crippen LogP contribution in [0, 0.1) is 11.8 Å². The predicted molar refractivity (Wildman–Crippen MR) is 63.0 cm³/mol. The lowest BCUT2D eigenvalue weighted by molar-refractivity contribution is -0.137. The van der Waals surface area contributed by atoms with E-state index in [0.29, 0.717) is 18.4 Å². The normalized spacial score (nSPS) is 31.1. The zero-order valence-corrected chi connectivity index (χ0v) is 10.1. The fraction of sp³-hybridized carbons (Fsp3) is 0.692. The first-order chi connectivity index (χ1) is 8.08. The highest BCUT2D eigenvalue weighted by Gasteiger charge is 2.30. The number of rotatable bonds is 3. The third-order valence-electron chi connectivity index (χ3n) is 3.91. The molecule has 17 heavy (non-hydrogen) atoms. The fourth-order valence-corrected chi connectivity index (χ4v) is 2.72. The van der Waals surface area contributed by atoms with Crippen LogP contribution in [-0.2, 0) is 9.59 Å². The van der Waals surface area contributed by atoms with Gasteiger partial charge < -0.3 is 5.11 Å². The molecule has 1 fully saturated rings. The monoisotopic (exact) mass is 237 g/mol. The van der Waals surface area contributed by atoms with Crippen LogP contribution in [0.3, 0.4) is 0 Å². The van der Waals surface area contributed by atoms with Crippen molar-refractivity contribution in [3.05, 3.63) is 12.2 Å². The number of aliphatic hydroxyl groups excluding tert-OH is 1. The molecule has 4 heteroatoms. The molecule has 0 aromatic heterocycles. The Hall–Kier alpha value is -1.16. The van der Waals surface area contributed by atoms with Gasteiger partial charge in [-0.2, -0.15) is 0 Å². The van der Waals surface area contributed by atoms with Gasteiger partial charge >= 0.3 is 0 Å². The number of carbonyl (C=O) groups is 2. The highest BCUT2D eigenvalue weighted by molar-refractivity contribution is 6.12. The highest BCUT2D eigenvalue weighted by Crippen LogP contribution is 2.31. The van der Waals surface area contributed by atoms with Crippen molar-refractivity contribution in [2.45, 2.75) is 38.7 Å². The molecule has 1 aliphatic heterocycles. The minimum atomic E-state index is -0.243. The second-order valence-corrected chi connectivity index (χ2v) is 5.14. The zero-order valence-electron chi connectivity index (χ0n) is 10.1. The van der Waals surface area contributed by atoms with Crippen molar-refractivity contribution in [1.29, 1.82) is 0 Å². The second kappa shape index (κ2) is 5.00. The Kier molecular flexibility index (Phi) is 3.62. The van der Waals surface area contributed by atoms with Gasteiger partial charge in [0, 0.05) is 18.7 Å². The lowest BCUT2D eigenvalue weighted by atomic mass is 9.79. The molecular formula is C13H19NO3. The summed E-state index contributed by atoms with van der Waals surface area (Å²) in [5, 5.41) is 9.50. The number of amides is 2. The van der Waals surface area contributed by atoms with Crippen molar-refractivity contribution in [2.75, 3.05) is 6.54 Å². The van der Waals surface area contributed by atoms with Gasteiger partial charge in [-0.15, -0.1) is 0 Å². The van der Waals surface area contributed by atoms with E-state index in [1.165, 1.54) is 17.1 Å². The Balaban J connectivity index is 1.82. The van der Waals surface area contributed by atoms with Gasteiger partial charge in [-0.3, -0.25) is 14.5 Å². The van der Waals surface area contributed by atoms with E-state index in [1.54, 1.807) is 0 Å². The van der Waals surface area contributed by atoms with Crippen LogP contribution in [0.1, 0.15) is 32.6 Å². The van der Waals surface area contributed by atoms with Gasteiger partial charge in [0.05, 0.1) is 6.10 Å². The summed E-state index contributed by atoms with van der Waals surface area (Å²) in [6.07, 6.45) is 6.40. The summed E-state index contributed by atoms with van der Waals surface area (Å²) >= 11 is 0. The maximum absolute atomic E-state index is 11.4. The molecule has 0 bridgehead atoms. The summed E-state index contributed by atoms with van der Waals surface area (Å²) in [6, 6.07) is 0. The molecule has 0 aromatic carbocycles. The van der Waals surface area contributed by atoms with Crippen LogP contribution in [0.2, 0.25) is 0 Å². The molecule has 1 unspecified atom stereocenters. The van der Waals surface area contributed by atoms with Crippen LogP contribution in [0.25, 0.3) is 0 Å². The van der Waals surface area contributed by atoms with E-state index in [4.69, 9.17) is 0 Å². The molecule has 0 aromatic rings. The number of hydrogen-bond donors (Lipinski definition) is 1. The van der Waals surface area contributed by atoms with Crippen molar-refractivity contribution in [2.24, 2.45) is 11.8 Å². The number of aliphatic hydroxyl groups is 1. The van der Waals surface area contributed by atoms with E-state index in [2.05, 4.69) is 0 Å². The average Bonchev–Trinajstić information content (AvgIpc) is 2.61. The minimum absolute atomic E-state index is 0.187. The van der Waals surface area contributed by atoms with Crippen LogP contribution in [0.4, 0.5) is 0 Å². The molecule has 2 aliphatic rings. The van der Waals surface area contributed by atoms with E-state index in [0.717, 1.165) is 25.7 Å². The predicted octanol–water partition coefficient (Wildman–Crippen LogP) is 1.10. The molecule has 0 radical (unpaired) electrons. The van der Waals surface area contributed by atoms with Crippen molar-refractivity contribution < 1.29 is 14.7 Å². The Morgan fingerprint density at radius 3 is 2.24 bits per heavy atom. The average molecular weight is 237 g/mol.